The first-order valence-corrected chi connectivity index (χ1v) is 10.1. The number of nitrogens with one attached hydrogen (secondary N) is 1. The Kier molecular flexibility index (Phi) is 6.09. The first kappa shape index (κ1) is 20.1. The molecule has 4 rings (SSSR count). The Hall–Kier alpha value is -3.19. The van der Waals surface area contributed by atoms with Gasteiger partial charge < -0.3 is 10.1 Å². The van der Waals surface area contributed by atoms with Gasteiger partial charge in [0.15, 0.2) is 11.6 Å². The van der Waals surface area contributed by atoms with E-state index in [0.717, 1.165) is 42.7 Å². The third-order valence-corrected chi connectivity index (χ3v) is 5.42. The van der Waals surface area contributed by atoms with E-state index in [-0.39, 0.29) is 23.5 Å². The van der Waals surface area contributed by atoms with Gasteiger partial charge in [0.1, 0.15) is 0 Å². The van der Waals surface area contributed by atoms with Crippen LogP contribution < -0.4 is 10.1 Å². The van der Waals surface area contributed by atoms with Gasteiger partial charge in [-0.15, -0.1) is 0 Å². The molecular weight excluding hydrogens is 383 g/mol. The molecule has 2 aromatic carbocycles. The lowest BCUT2D eigenvalue weighted by molar-refractivity contribution is -0.122. The highest BCUT2D eigenvalue weighted by molar-refractivity contribution is 5.95. The van der Waals surface area contributed by atoms with Crippen molar-refractivity contribution in [2.45, 2.75) is 31.8 Å². The van der Waals surface area contributed by atoms with Crippen LogP contribution >= 0.6 is 0 Å². The zero-order chi connectivity index (χ0) is 20.9. The van der Waals surface area contributed by atoms with Crippen molar-refractivity contribution in [2.75, 3.05) is 19.0 Å². The lowest BCUT2D eigenvalue weighted by Crippen LogP contribution is -2.46. The highest BCUT2D eigenvalue weighted by Gasteiger charge is 2.29. The number of carbonyl (C=O) groups is 1. The Balaban J connectivity index is 1.43. The van der Waals surface area contributed by atoms with E-state index in [1.54, 1.807) is 16.9 Å². The third kappa shape index (κ3) is 4.52. The van der Waals surface area contributed by atoms with Crippen LogP contribution in [0.5, 0.6) is 5.75 Å². The molecule has 2 heterocycles. The van der Waals surface area contributed by atoms with Crippen LogP contribution in [-0.2, 0) is 11.3 Å². The maximum atomic E-state index is 14.1. The van der Waals surface area contributed by atoms with E-state index in [1.807, 2.05) is 42.6 Å². The molecule has 7 heteroatoms. The summed E-state index contributed by atoms with van der Waals surface area (Å²) in [5.41, 5.74) is 2.51. The largest absolute Gasteiger partial charge is 0.494 e. The molecule has 1 atom stereocenters. The molecular formula is C23H25FN4O2. The predicted molar refractivity (Wildman–Crippen MR) is 113 cm³/mol. The Bertz CT molecular complexity index is 989. The van der Waals surface area contributed by atoms with Crippen molar-refractivity contribution in [1.82, 2.24) is 14.7 Å². The molecule has 156 valence electrons. The standard InChI is InChI=1S/C23H25FN4O2/c1-30-22-11-6-17(15-20(22)24)16-27-13-3-2-5-21(27)23(29)26-18-7-9-19(10-8-18)28-14-4-12-25-28/h4,6-12,14-15,21H,2-3,5,13,16H2,1H3,(H,26,29)/t21-/m1/s1. The molecule has 0 bridgehead atoms. The number of methoxy groups -OCH3 is 1. The summed E-state index contributed by atoms with van der Waals surface area (Å²) in [6, 6.07) is 14.2. The molecule has 3 aromatic rings. The van der Waals surface area contributed by atoms with Crippen LogP contribution in [0.15, 0.2) is 60.9 Å². The molecule has 1 amide bonds. The molecule has 1 aromatic heterocycles. The summed E-state index contributed by atoms with van der Waals surface area (Å²) in [6.45, 7) is 1.33. The average Bonchev–Trinajstić information content (AvgIpc) is 3.30. The van der Waals surface area contributed by atoms with Gasteiger partial charge in [0.25, 0.3) is 0 Å². The smallest absolute Gasteiger partial charge is 0.241 e. The maximum absolute atomic E-state index is 14.1. The minimum Gasteiger partial charge on any atom is -0.494 e. The summed E-state index contributed by atoms with van der Waals surface area (Å²) < 4.78 is 20.8. The van der Waals surface area contributed by atoms with Gasteiger partial charge in [-0.3, -0.25) is 9.69 Å². The fourth-order valence-corrected chi connectivity index (χ4v) is 3.86. The summed E-state index contributed by atoms with van der Waals surface area (Å²) >= 11 is 0. The molecule has 1 aliphatic heterocycles. The van der Waals surface area contributed by atoms with Crippen molar-refractivity contribution >= 4 is 11.6 Å². The number of ether oxygens (including phenoxy) is 1. The topological polar surface area (TPSA) is 59.4 Å². The van der Waals surface area contributed by atoms with Gasteiger partial charge in [-0.2, -0.15) is 5.10 Å². The Labute approximate surface area is 175 Å². The fourth-order valence-electron chi connectivity index (χ4n) is 3.86. The molecule has 0 saturated carbocycles. The summed E-state index contributed by atoms with van der Waals surface area (Å²) in [7, 11) is 1.45. The van der Waals surface area contributed by atoms with Crippen molar-refractivity contribution in [1.29, 1.82) is 0 Å². The molecule has 0 unspecified atom stereocenters. The van der Waals surface area contributed by atoms with Crippen LogP contribution in [-0.4, -0.2) is 40.3 Å². The predicted octanol–water partition coefficient (Wildman–Crippen LogP) is 4.01. The Morgan fingerprint density at radius 1 is 1.23 bits per heavy atom. The number of benzene rings is 2. The molecule has 1 aliphatic rings. The van der Waals surface area contributed by atoms with Gasteiger partial charge in [0.05, 0.1) is 18.8 Å². The summed E-state index contributed by atoms with van der Waals surface area (Å²) in [5.74, 6) is -0.189. The molecule has 30 heavy (non-hydrogen) atoms. The van der Waals surface area contributed by atoms with E-state index in [1.165, 1.54) is 13.2 Å². The van der Waals surface area contributed by atoms with Gasteiger partial charge in [-0.1, -0.05) is 12.5 Å². The summed E-state index contributed by atoms with van der Waals surface area (Å²) in [5, 5.41) is 7.23. The zero-order valence-electron chi connectivity index (χ0n) is 16.9. The zero-order valence-corrected chi connectivity index (χ0v) is 16.9. The van der Waals surface area contributed by atoms with Crippen LogP contribution in [0.2, 0.25) is 0 Å². The molecule has 0 spiro atoms. The number of likely N-dealkylation sites (tertiary alicyclic amines) is 1. The number of carbonyl (C=O) groups excluding carboxylic acids is 1. The highest BCUT2D eigenvalue weighted by atomic mass is 19.1. The van der Waals surface area contributed by atoms with E-state index in [2.05, 4.69) is 15.3 Å². The third-order valence-electron chi connectivity index (χ3n) is 5.42. The quantitative estimate of drug-likeness (QED) is 0.670. The second-order valence-corrected chi connectivity index (χ2v) is 7.44. The summed E-state index contributed by atoms with van der Waals surface area (Å²) in [4.78, 5) is 15.1. The highest BCUT2D eigenvalue weighted by Crippen LogP contribution is 2.24. The monoisotopic (exact) mass is 408 g/mol. The molecule has 1 fully saturated rings. The molecule has 1 saturated heterocycles. The molecule has 0 aliphatic carbocycles. The lowest BCUT2D eigenvalue weighted by atomic mass is 10.00. The number of amides is 1. The normalized spacial score (nSPS) is 16.9. The van der Waals surface area contributed by atoms with Gasteiger partial charge >= 0.3 is 0 Å². The minimum atomic E-state index is -0.384. The number of hydrogen-bond donors (Lipinski definition) is 1. The van der Waals surface area contributed by atoms with Crippen molar-refractivity contribution < 1.29 is 13.9 Å². The average molecular weight is 408 g/mol. The van der Waals surface area contributed by atoms with Crippen molar-refractivity contribution in [2.24, 2.45) is 0 Å². The molecule has 1 N–H and O–H groups in total. The molecule has 0 radical (unpaired) electrons. The summed E-state index contributed by atoms with van der Waals surface area (Å²) in [6.07, 6.45) is 6.41. The Morgan fingerprint density at radius 2 is 2.07 bits per heavy atom. The number of halogens is 1. The minimum absolute atomic E-state index is 0.0319. The van der Waals surface area contributed by atoms with Crippen LogP contribution in [0, 0.1) is 5.82 Å². The van der Waals surface area contributed by atoms with Gasteiger partial charge in [-0.05, 0) is 67.4 Å². The van der Waals surface area contributed by atoms with Gasteiger partial charge in [-0.25, -0.2) is 9.07 Å². The van der Waals surface area contributed by atoms with E-state index < -0.39 is 0 Å². The first-order chi connectivity index (χ1) is 14.6. The number of nitrogens with zero attached hydrogens (tertiary/aromatic N) is 3. The Morgan fingerprint density at radius 3 is 2.77 bits per heavy atom. The second-order valence-electron chi connectivity index (χ2n) is 7.44. The molecule has 6 nitrogen and oxygen atoms in total. The number of piperidine rings is 1. The van der Waals surface area contributed by atoms with Gasteiger partial charge in [0.2, 0.25) is 5.91 Å². The second kappa shape index (κ2) is 9.09. The van der Waals surface area contributed by atoms with Crippen molar-refractivity contribution in [3.05, 3.63) is 72.3 Å². The number of hydrogen-bond acceptors (Lipinski definition) is 4. The van der Waals surface area contributed by atoms with E-state index in [0.29, 0.717) is 6.54 Å². The van der Waals surface area contributed by atoms with Crippen LogP contribution in [0.4, 0.5) is 10.1 Å². The lowest BCUT2D eigenvalue weighted by Gasteiger charge is -2.34. The van der Waals surface area contributed by atoms with Crippen molar-refractivity contribution in [3.8, 4) is 11.4 Å². The fraction of sp³-hybridized carbons (Fsp3) is 0.304. The van der Waals surface area contributed by atoms with Gasteiger partial charge in [0, 0.05) is 24.6 Å². The maximum Gasteiger partial charge on any atom is 0.241 e. The number of rotatable bonds is 6. The van der Waals surface area contributed by atoms with E-state index in [4.69, 9.17) is 4.74 Å². The van der Waals surface area contributed by atoms with Crippen LogP contribution in [0.25, 0.3) is 5.69 Å². The van der Waals surface area contributed by atoms with Crippen LogP contribution in [0.3, 0.4) is 0 Å². The number of aromatic nitrogens is 2. The van der Waals surface area contributed by atoms with E-state index in [9.17, 15) is 9.18 Å². The van der Waals surface area contributed by atoms with Crippen LogP contribution in [0.1, 0.15) is 24.8 Å². The first-order valence-electron chi connectivity index (χ1n) is 10.1. The number of anilines is 1. The SMILES string of the molecule is COc1ccc(CN2CCCC[C@@H]2C(=O)Nc2ccc(-n3cccn3)cc2)cc1F. The van der Waals surface area contributed by atoms with E-state index >= 15 is 0 Å². The van der Waals surface area contributed by atoms with Crippen molar-refractivity contribution in [3.63, 3.8) is 0 Å².